The third-order valence-corrected chi connectivity index (χ3v) is 2.48. The predicted octanol–water partition coefficient (Wildman–Crippen LogP) is 1.49. The monoisotopic (exact) mass is 268 g/mol. The number of nitrogens with zero attached hydrogens (tertiary/aromatic N) is 1. The molecular formula is C13H17FN2O3. The third kappa shape index (κ3) is 5.03. The highest BCUT2D eigenvalue weighted by molar-refractivity contribution is 5.92. The van der Waals surface area contributed by atoms with Crippen LogP contribution in [0.3, 0.4) is 0 Å². The Morgan fingerprint density at radius 1 is 1.47 bits per heavy atom. The number of nitrogens with one attached hydrogen (secondary N) is 1. The van der Waals surface area contributed by atoms with Crippen LogP contribution in [-0.4, -0.2) is 35.2 Å². The SMILES string of the molecule is CC(=O)OCC(NC(=O)c1ccccn1)C(C)(C)F. The van der Waals surface area contributed by atoms with E-state index in [0.717, 1.165) is 0 Å². The zero-order chi connectivity index (χ0) is 14.5. The summed E-state index contributed by atoms with van der Waals surface area (Å²) in [6.07, 6.45) is 1.47. The van der Waals surface area contributed by atoms with Gasteiger partial charge in [-0.2, -0.15) is 0 Å². The molecule has 1 heterocycles. The van der Waals surface area contributed by atoms with Crippen LogP contribution in [0.4, 0.5) is 4.39 Å². The summed E-state index contributed by atoms with van der Waals surface area (Å²) in [5.41, 5.74) is -1.54. The molecule has 1 amide bonds. The van der Waals surface area contributed by atoms with Gasteiger partial charge in [0.2, 0.25) is 0 Å². The summed E-state index contributed by atoms with van der Waals surface area (Å²) in [4.78, 5) is 26.5. The van der Waals surface area contributed by atoms with Crippen LogP contribution < -0.4 is 5.32 Å². The first-order valence-corrected chi connectivity index (χ1v) is 5.85. The fourth-order valence-electron chi connectivity index (χ4n) is 1.34. The maximum atomic E-state index is 14.0. The molecule has 104 valence electrons. The van der Waals surface area contributed by atoms with Gasteiger partial charge in [-0.15, -0.1) is 0 Å². The second-order valence-electron chi connectivity index (χ2n) is 4.61. The van der Waals surface area contributed by atoms with Crippen LogP contribution >= 0.6 is 0 Å². The Hall–Kier alpha value is -1.98. The van der Waals surface area contributed by atoms with Gasteiger partial charge in [0.1, 0.15) is 18.0 Å². The van der Waals surface area contributed by atoms with Crippen molar-refractivity contribution in [2.75, 3.05) is 6.61 Å². The van der Waals surface area contributed by atoms with Crippen LogP contribution in [0.15, 0.2) is 24.4 Å². The topological polar surface area (TPSA) is 68.3 Å². The van der Waals surface area contributed by atoms with Gasteiger partial charge in [-0.25, -0.2) is 4.39 Å². The molecular weight excluding hydrogens is 251 g/mol. The molecule has 1 N–H and O–H groups in total. The lowest BCUT2D eigenvalue weighted by Gasteiger charge is -2.27. The Bertz CT molecular complexity index is 443. The van der Waals surface area contributed by atoms with Gasteiger partial charge in [0, 0.05) is 13.1 Å². The van der Waals surface area contributed by atoms with Gasteiger partial charge in [0.25, 0.3) is 5.91 Å². The Balaban J connectivity index is 2.72. The van der Waals surface area contributed by atoms with Crippen molar-refractivity contribution in [1.82, 2.24) is 10.3 Å². The summed E-state index contributed by atoms with van der Waals surface area (Å²) in [6, 6.07) is 3.91. The van der Waals surface area contributed by atoms with E-state index >= 15 is 0 Å². The molecule has 6 heteroatoms. The summed E-state index contributed by atoms with van der Waals surface area (Å²) in [6.45, 7) is 3.61. The molecule has 0 aliphatic carbocycles. The lowest BCUT2D eigenvalue weighted by Crippen LogP contribution is -2.50. The number of alkyl halides is 1. The normalized spacial score (nSPS) is 12.6. The largest absolute Gasteiger partial charge is 0.464 e. The Morgan fingerprint density at radius 2 is 2.16 bits per heavy atom. The summed E-state index contributed by atoms with van der Waals surface area (Å²) in [5.74, 6) is -1.04. The molecule has 0 saturated carbocycles. The highest BCUT2D eigenvalue weighted by Gasteiger charge is 2.32. The van der Waals surface area contributed by atoms with Crippen LogP contribution in [0.1, 0.15) is 31.3 Å². The van der Waals surface area contributed by atoms with Gasteiger partial charge >= 0.3 is 5.97 Å². The number of hydrogen-bond donors (Lipinski definition) is 1. The van der Waals surface area contributed by atoms with Crippen LogP contribution in [0.2, 0.25) is 0 Å². The quantitative estimate of drug-likeness (QED) is 0.821. The molecule has 0 fully saturated rings. The number of hydrogen-bond acceptors (Lipinski definition) is 4. The van der Waals surface area contributed by atoms with Gasteiger partial charge < -0.3 is 10.1 Å². The Labute approximate surface area is 111 Å². The van der Waals surface area contributed by atoms with Crippen molar-refractivity contribution in [3.63, 3.8) is 0 Å². The fourth-order valence-corrected chi connectivity index (χ4v) is 1.34. The molecule has 0 radical (unpaired) electrons. The molecule has 19 heavy (non-hydrogen) atoms. The van der Waals surface area contributed by atoms with Gasteiger partial charge in [-0.1, -0.05) is 6.07 Å². The minimum absolute atomic E-state index is 0.180. The van der Waals surface area contributed by atoms with Crippen molar-refractivity contribution in [3.05, 3.63) is 30.1 Å². The summed E-state index contributed by atoms with van der Waals surface area (Å²) in [7, 11) is 0. The van der Waals surface area contributed by atoms with Crippen molar-refractivity contribution in [3.8, 4) is 0 Å². The third-order valence-electron chi connectivity index (χ3n) is 2.48. The maximum Gasteiger partial charge on any atom is 0.302 e. The standard InChI is InChI=1S/C13H17FN2O3/c1-9(17)19-8-11(13(2,3)14)16-12(18)10-6-4-5-7-15-10/h4-7,11H,8H2,1-3H3,(H,16,18). The average Bonchev–Trinajstić information content (AvgIpc) is 2.33. The molecule has 5 nitrogen and oxygen atoms in total. The zero-order valence-corrected chi connectivity index (χ0v) is 11.1. The van der Waals surface area contributed by atoms with Gasteiger partial charge in [0.15, 0.2) is 0 Å². The number of ether oxygens (including phenoxy) is 1. The van der Waals surface area contributed by atoms with Crippen LogP contribution in [-0.2, 0) is 9.53 Å². The van der Waals surface area contributed by atoms with E-state index in [0.29, 0.717) is 0 Å². The van der Waals surface area contributed by atoms with E-state index < -0.39 is 23.6 Å². The number of halogens is 1. The second kappa shape index (κ2) is 6.26. The molecule has 1 atom stereocenters. The summed E-state index contributed by atoms with van der Waals surface area (Å²) >= 11 is 0. The summed E-state index contributed by atoms with van der Waals surface area (Å²) < 4.78 is 18.7. The fraction of sp³-hybridized carbons (Fsp3) is 0.462. The van der Waals surface area contributed by atoms with E-state index in [1.165, 1.54) is 33.0 Å². The molecule has 1 rings (SSSR count). The molecule has 0 saturated heterocycles. The second-order valence-corrected chi connectivity index (χ2v) is 4.61. The van der Waals surface area contributed by atoms with Gasteiger partial charge in [-0.3, -0.25) is 14.6 Å². The molecule has 1 aromatic heterocycles. The number of carbonyl (C=O) groups excluding carboxylic acids is 2. The van der Waals surface area contributed by atoms with Gasteiger partial charge in [0.05, 0.1) is 6.04 Å². The number of esters is 1. The first-order valence-electron chi connectivity index (χ1n) is 5.85. The first-order chi connectivity index (χ1) is 8.80. The lowest BCUT2D eigenvalue weighted by atomic mass is 10.0. The number of pyridine rings is 1. The average molecular weight is 268 g/mol. The molecule has 1 unspecified atom stereocenters. The van der Waals surface area contributed by atoms with E-state index in [1.54, 1.807) is 12.1 Å². The predicted molar refractivity (Wildman–Crippen MR) is 67.3 cm³/mol. The number of carbonyl (C=O) groups is 2. The Kier molecular flexibility index (Phi) is 4.97. The minimum atomic E-state index is -1.72. The molecule has 1 aromatic rings. The maximum absolute atomic E-state index is 14.0. The van der Waals surface area contributed by atoms with Crippen molar-refractivity contribution in [2.24, 2.45) is 0 Å². The molecule has 0 aliphatic heterocycles. The molecule has 0 aromatic carbocycles. The van der Waals surface area contributed by atoms with Crippen LogP contribution in [0.25, 0.3) is 0 Å². The van der Waals surface area contributed by atoms with Crippen LogP contribution in [0, 0.1) is 0 Å². The number of rotatable bonds is 5. The van der Waals surface area contributed by atoms with Crippen molar-refractivity contribution in [2.45, 2.75) is 32.5 Å². The molecule has 0 bridgehead atoms. The van der Waals surface area contributed by atoms with Gasteiger partial charge in [-0.05, 0) is 26.0 Å². The van der Waals surface area contributed by atoms with E-state index in [-0.39, 0.29) is 12.3 Å². The smallest absolute Gasteiger partial charge is 0.302 e. The van der Waals surface area contributed by atoms with Crippen LogP contribution in [0.5, 0.6) is 0 Å². The Morgan fingerprint density at radius 3 is 2.63 bits per heavy atom. The van der Waals surface area contributed by atoms with Crippen molar-refractivity contribution in [1.29, 1.82) is 0 Å². The van der Waals surface area contributed by atoms with Crippen molar-refractivity contribution < 1.29 is 18.7 Å². The lowest BCUT2D eigenvalue weighted by molar-refractivity contribution is -0.142. The number of amides is 1. The zero-order valence-electron chi connectivity index (χ0n) is 11.1. The molecule has 0 aliphatic rings. The number of aromatic nitrogens is 1. The van der Waals surface area contributed by atoms with Crippen molar-refractivity contribution >= 4 is 11.9 Å². The highest BCUT2D eigenvalue weighted by atomic mass is 19.1. The van der Waals surface area contributed by atoms with E-state index in [9.17, 15) is 14.0 Å². The van der Waals surface area contributed by atoms with E-state index in [4.69, 9.17) is 4.74 Å². The molecule has 0 spiro atoms. The van der Waals surface area contributed by atoms with E-state index in [1.807, 2.05) is 0 Å². The highest BCUT2D eigenvalue weighted by Crippen LogP contribution is 2.15. The summed E-state index contributed by atoms with van der Waals surface area (Å²) in [5, 5.41) is 2.47. The first kappa shape index (κ1) is 15.1. The minimum Gasteiger partial charge on any atom is -0.464 e. The van der Waals surface area contributed by atoms with E-state index in [2.05, 4.69) is 10.3 Å².